The first-order valence-corrected chi connectivity index (χ1v) is 11.5. The van der Waals surface area contributed by atoms with E-state index in [0.29, 0.717) is 5.56 Å². The zero-order valence-electron chi connectivity index (χ0n) is 19.6. The monoisotopic (exact) mass is 522 g/mol. The molecule has 1 aromatic carbocycles. The molecule has 13 heteroatoms. The number of aliphatic hydroxyl groups is 3. The molecular weight excluding hydrogens is 497 g/mol. The van der Waals surface area contributed by atoms with E-state index in [4.69, 9.17) is 9.47 Å². The summed E-state index contributed by atoms with van der Waals surface area (Å²) in [5, 5.41) is 39.5. The molecule has 1 aliphatic heterocycles. The van der Waals surface area contributed by atoms with Gasteiger partial charge in [0, 0.05) is 24.4 Å². The maximum absolute atomic E-state index is 13.7. The molecule has 37 heavy (non-hydrogen) atoms. The van der Waals surface area contributed by atoms with Gasteiger partial charge < -0.3 is 24.8 Å². The van der Waals surface area contributed by atoms with Gasteiger partial charge in [0.25, 0.3) is 0 Å². The number of hydrogen-bond donors (Lipinski definition) is 3. The van der Waals surface area contributed by atoms with Crippen LogP contribution in [0.5, 0.6) is 0 Å². The normalized spacial score (nSPS) is 24.7. The van der Waals surface area contributed by atoms with Crippen LogP contribution in [0.1, 0.15) is 24.9 Å². The highest BCUT2D eigenvalue weighted by Crippen LogP contribution is 2.34. The summed E-state index contributed by atoms with van der Waals surface area (Å²) < 4.78 is 53.3. The number of carbonyl (C=O) groups is 1. The van der Waals surface area contributed by atoms with Crippen LogP contribution in [0, 0.1) is 17.5 Å². The number of pyridine rings is 1. The molecule has 198 valence electrons. The molecule has 4 rings (SSSR count). The molecule has 0 radical (unpaired) electrons. The van der Waals surface area contributed by atoms with E-state index < -0.39 is 66.4 Å². The lowest BCUT2D eigenvalue weighted by Crippen LogP contribution is -2.60. The SMILES string of the molecule is CCC(=O)[C@@H](OCc1cccnc1)[C@@H]1OC(CO)[C@H](O)[C@H](n2cc(-c3cc(F)c(F)c(F)c3)nn2)C1O. The van der Waals surface area contributed by atoms with E-state index in [9.17, 15) is 33.3 Å². The third-order valence-electron chi connectivity index (χ3n) is 6.14. The second-order valence-electron chi connectivity index (χ2n) is 8.54. The predicted molar refractivity (Wildman–Crippen MR) is 120 cm³/mol. The Labute approximate surface area is 209 Å². The fourth-order valence-electron chi connectivity index (χ4n) is 4.19. The molecule has 2 aromatic heterocycles. The molecule has 10 nitrogen and oxygen atoms in total. The molecule has 1 aliphatic rings. The fraction of sp³-hybridized carbons (Fsp3) is 0.417. The molecule has 2 unspecified atom stereocenters. The zero-order chi connectivity index (χ0) is 26.7. The topological polar surface area (TPSA) is 140 Å². The number of aliphatic hydroxyl groups excluding tert-OH is 3. The van der Waals surface area contributed by atoms with Crippen molar-refractivity contribution in [3.63, 3.8) is 0 Å². The van der Waals surface area contributed by atoms with Crippen molar-refractivity contribution in [1.82, 2.24) is 20.0 Å². The van der Waals surface area contributed by atoms with E-state index in [0.717, 1.165) is 16.8 Å². The van der Waals surface area contributed by atoms with Crippen LogP contribution < -0.4 is 0 Å². The van der Waals surface area contributed by atoms with Crippen molar-refractivity contribution in [2.24, 2.45) is 0 Å². The van der Waals surface area contributed by atoms with E-state index in [2.05, 4.69) is 15.3 Å². The number of rotatable bonds is 9. The first kappa shape index (κ1) is 26.8. The van der Waals surface area contributed by atoms with Gasteiger partial charge in [-0.1, -0.05) is 18.2 Å². The van der Waals surface area contributed by atoms with Crippen molar-refractivity contribution >= 4 is 5.78 Å². The Balaban J connectivity index is 1.64. The number of ketones is 1. The number of halogens is 3. The lowest BCUT2D eigenvalue weighted by atomic mass is 9.88. The molecule has 6 atom stereocenters. The Morgan fingerprint density at radius 2 is 1.95 bits per heavy atom. The van der Waals surface area contributed by atoms with Crippen LogP contribution in [0.4, 0.5) is 13.2 Å². The molecule has 1 saturated heterocycles. The molecule has 0 spiro atoms. The molecular formula is C24H25F3N4O6. The van der Waals surface area contributed by atoms with Crippen molar-refractivity contribution in [3.8, 4) is 11.3 Å². The summed E-state index contributed by atoms with van der Waals surface area (Å²) >= 11 is 0. The number of Topliss-reactive ketones (excluding diaryl/α,β-unsaturated/α-hetero) is 1. The highest BCUT2D eigenvalue weighted by molar-refractivity contribution is 5.83. The van der Waals surface area contributed by atoms with Crippen LogP contribution in [0.3, 0.4) is 0 Å². The molecule has 3 aromatic rings. The smallest absolute Gasteiger partial charge is 0.194 e. The van der Waals surface area contributed by atoms with E-state index >= 15 is 0 Å². The number of aromatic nitrogens is 4. The van der Waals surface area contributed by atoms with Crippen molar-refractivity contribution in [2.45, 2.75) is 56.5 Å². The van der Waals surface area contributed by atoms with Crippen LogP contribution in [-0.2, 0) is 20.9 Å². The first-order valence-electron chi connectivity index (χ1n) is 11.5. The standard InChI is InChI=1S/C24H25F3N4O6/c1-2-17(33)23(36-11-12-4-3-5-28-8-12)24-22(35)20(21(34)18(10-32)37-24)31-9-16(29-30-31)13-6-14(25)19(27)15(26)7-13/h3-9,18,20-24,32,34-35H,2,10-11H2,1H3/t18?,20-,21-,22?,23+,24+/m0/s1. The minimum Gasteiger partial charge on any atom is -0.394 e. The second kappa shape index (κ2) is 11.4. The number of ether oxygens (including phenoxy) is 2. The summed E-state index contributed by atoms with van der Waals surface area (Å²) in [4.78, 5) is 16.8. The predicted octanol–water partition coefficient (Wildman–Crippen LogP) is 1.34. The van der Waals surface area contributed by atoms with Crippen molar-refractivity contribution in [1.29, 1.82) is 0 Å². The highest BCUT2D eigenvalue weighted by atomic mass is 19.2. The first-order chi connectivity index (χ1) is 17.7. The van der Waals surface area contributed by atoms with E-state index in [1.807, 2.05) is 0 Å². The van der Waals surface area contributed by atoms with Gasteiger partial charge in [-0.2, -0.15) is 0 Å². The second-order valence-corrected chi connectivity index (χ2v) is 8.54. The summed E-state index contributed by atoms with van der Waals surface area (Å²) in [5.74, 6) is -4.89. The maximum atomic E-state index is 13.7. The van der Waals surface area contributed by atoms with Crippen LogP contribution >= 0.6 is 0 Å². The van der Waals surface area contributed by atoms with Crippen molar-refractivity contribution in [2.75, 3.05) is 6.61 Å². The zero-order valence-corrected chi connectivity index (χ0v) is 19.6. The van der Waals surface area contributed by atoms with Crippen LogP contribution in [0.2, 0.25) is 0 Å². The highest BCUT2D eigenvalue weighted by Gasteiger charge is 2.50. The minimum absolute atomic E-state index is 0.0248. The van der Waals surface area contributed by atoms with Gasteiger partial charge >= 0.3 is 0 Å². The van der Waals surface area contributed by atoms with E-state index in [-0.39, 0.29) is 24.3 Å². The average Bonchev–Trinajstić information content (AvgIpc) is 3.38. The summed E-state index contributed by atoms with van der Waals surface area (Å²) in [6, 6.07) is 3.59. The molecule has 1 fully saturated rings. The Morgan fingerprint density at radius 1 is 1.22 bits per heavy atom. The number of hydrogen-bond acceptors (Lipinski definition) is 9. The Hall–Kier alpha value is -3.23. The fourth-order valence-corrected chi connectivity index (χ4v) is 4.19. The third-order valence-corrected chi connectivity index (χ3v) is 6.14. The van der Waals surface area contributed by atoms with Crippen LogP contribution in [-0.4, -0.2) is 78.2 Å². The van der Waals surface area contributed by atoms with Gasteiger partial charge in [-0.15, -0.1) is 5.10 Å². The quantitative estimate of drug-likeness (QED) is 0.355. The van der Waals surface area contributed by atoms with Gasteiger partial charge in [-0.3, -0.25) is 9.78 Å². The lowest BCUT2D eigenvalue weighted by Gasteiger charge is -2.44. The largest absolute Gasteiger partial charge is 0.394 e. The summed E-state index contributed by atoms with van der Waals surface area (Å²) in [6.07, 6.45) is -2.55. The van der Waals surface area contributed by atoms with Crippen molar-refractivity contribution < 1.29 is 42.8 Å². The van der Waals surface area contributed by atoms with Gasteiger partial charge in [0.15, 0.2) is 23.2 Å². The van der Waals surface area contributed by atoms with Gasteiger partial charge in [0.2, 0.25) is 0 Å². The van der Waals surface area contributed by atoms with Gasteiger partial charge in [-0.05, 0) is 23.8 Å². The summed E-state index contributed by atoms with van der Waals surface area (Å²) in [7, 11) is 0. The molecule has 0 aliphatic carbocycles. The van der Waals surface area contributed by atoms with E-state index in [1.165, 1.54) is 6.20 Å². The third kappa shape index (κ3) is 5.55. The maximum Gasteiger partial charge on any atom is 0.194 e. The van der Waals surface area contributed by atoms with Gasteiger partial charge in [-0.25, -0.2) is 17.9 Å². The molecule has 0 bridgehead atoms. The van der Waals surface area contributed by atoms with Gasteiger partial charge in [0.1, 0.15) is 42.3 Å². The molecule has 0 saturated carbocycles. The Kier molecular flexibility index (Phi) is 8.29. The molecule has 0 amide bonds. The van der Waals surface area contributed by atoms with Crippen molar-refractivity contribution in [3.05, 3.63) is 65.9 Å². The number of carbonyl (C=O) groups excluding carboxylic acids is 1. The summed E-state index contributed by atoms with van der Waals surface area (Å²) in [5.41, 5.74) is 0.458. The lowest BCUT2D eigenvalue weighted by molar-refractivity contribution is -0.234. The molecule has 3 heterocycles. The molecule has 3 N–H and O–H groups in total. The Bertz CT molecular complexity index is 1210. The number of benzene rings is 1. The van der Waals surface area contributed by atoms with Crippen LogP contribution in [0.25, 0.3) is 11.3 Å². The average molecular weight is 522 g/mol. The van der Waals surface area contributed by atoms with Crippen LogP contribution in [0.15, 0.2) is 42.9 Å². The minimum atomic E-state index is -1.64. The van der Waals surface area contributed by atoms with E-state index in [1.54, 1.807) is 31.5 Å². The Morgan fingerprint density at radius 3 is 2.57 bits per heavy atom. The number of nitrogens with zero attached hydrogens (tertiary/aromatic N) is 4. The van der Waals surface area contributed by atoms with Gasteiger partial charge in [0.05, 0.1) is 19.4 Å². The summed E-state index contributed by atoms with van der Waals surface area (Å²) in [6.45, 7) is 0.925.